The van der Waals surface area contributed by atoms with Crippen LogP contribution in [-0.4, -0.2) is 36.5 Å². The highest BCUT2D eigenvalue weighted by Gasteiger charge is 2.23. The molecule has 1 fully saturated rings. The van der Waals surface area contributed by atoms with Crippen LogP contribution in [0.4, 0.5) is 0 Å². The van der Waals surface area contributed by atoms with Gasteiger partial charge >= 0.3 is 0 Å². The highest BCUT2D eigenvalue weighted by molar-refractivity contribution is 7.99. The highest BCUT2D eigenvalue weighted by Crippen LogP contribution is 2.26. The lowest BCUT2D eigenvalue weighted by atomic mass is 9.94. The lowest BCUT2D eigenvalue weighted by Gasteiger charge is -2.29. The third-order valence-electron chi connectivity index (χ3n) is 3.50. The van der Waals surface area contributed by atoms with Gasteiger partial charge in [0.2, 0.25) is 5.91 Å². The maximum absolute atomic E-state index is 11.9. The van der Waals surface area contributed by atoms with E-state index in [4.69, 9.17) is 0 Å². The Hall–Kier alpha value is -0.220. The van der Waals surface area contributed by atoms with Crippen LogP contribution in [0, 0.1) is 5.92 Å². The van der Waals surface area contributed by atoms with Crippen LogP contribution in [0.5, 0.6) is 0 Å². The van der Waals surface area contributed by atoms with Crippen molar-refractivity contribution >= 4 is 17.7 Å². The summed E-state index contributed by atoms with van der Waals surface area (Å²) in [5, 5.41) is 7.21. The second kappa shape index (κ2) is 7.98. The van der Waals surface area contributed by atoms with Crippen molar-refractivity contribution in [2.75, 3.05) is 19.3 Å². The average Bonchev–Trinajstić information content (AvgIpc) is 2.36. The lowest BCUT2D eigenvalue weighted by Crippen LogP contribution is -2.43. The van der Waals surface area contributed by atoms with E-state index >= 15 is 0 Å². The van der Waals surface area contributed by atoms with Gasteiger partial charge in [-0.25, -0.2) is 0 Å². The molecule has 100 valence electrons. The summed E-state index contributed by atoms with van der Waals surface area (Å²) in [6.45, 7) is 5.76. The Balaban J connectivity index is 2.22. The summed E-state index contributed by atoms with van der Waals surface area (Å²) >= 11 is 1.96. The number of thioether (sulfide) groups is 1. The molecule has 0 heterocycles. The topological polar surface area (TPSA) is 41.1 Å². The van der Waals surface area contributed by atoms with Gasteiger partial charge in [0.05, 0.1) is 0 Å². The van der Waals surface area contributed by atoms with Gasteiger partial charge in [-0.05, 0) is 38.5 Å². The van der Waals surface area contributed by atoms with E-state index < -0.39 is 0 Å². The van der Waals surface area contributed by atoms with Gasteiger partial charge in [-0.1, -0.05) is 13.8 Å². The van der Waals surface area contributed by atoms with Gasteiger partial charge in [0.25, 0.3) is 0 Å². The number of hydrogen-bond acceptors (Lipinski definition) is 3. The van der Waals surface area contributed by atoms with Gasteiger partial charge in [-0.3, -0.25) is 4.79 Å². The summed E-state index contributed by atoms with van der Waals surface area (Å²) in [5.41, 5.74) is 0. The van der Waals surface area contributed by atoms with Crippen molar-refractivity contribution in [3.8, 4) is 0 Å². The van der Waals surface area contributed by atoms with Crippen LogP contribution in [0.3, 0.4) is 0 Å². The number of amides is 1. The van der Waals surface area contributed by atoms with E-state index in [2.05, 4.69) is 23.8 Å². The number of carbonyl (C=O) groups excluding carboxylic acids is 1. The molecular weight excluding hydrogens is 232 g/mol. The van der Waals surface area contributed by atoms with Crippen molar-refractivity contribution < 1.29 is 4.79 Å². The van der Waals surface area contributed by atoms with Crippen molar-refractivity contribution in [2.45, 2.75) is 50.8 Å². The molecular formula is C13H26N2OS. The molecule has 4 heteroatoms. The summed E-state index contributed by atoms with van der Waals surface area (Å²) in [4.78, 5) is 11.9. The molecule has 0 spiro atoms. The third kappa shape index (κ3) is 5.30. The zero-order valence-corrected chi connectivity index (χ0v) is 12.1. The van der Waals surface area contributed by atoms with Crippen molar-refractivity contribution in [2.24, 2.45) is 5.92 Å². The average molecular weight is 258 g/mol. The fraction of sp³-hybridized carbons (Fsp3) is 0.923. The maximum atomic E-state index is 11.9. The predicted molar refractivity (Wildman–Crippen MR) is 75.4 cm³/mol. The molecule has 0 radical (unpaired) electrons. The summed E-state index contributed by atoms with van der Waals surface area (Å²) in [6, 6.07) is 0.412. The summed E-state index contributed by atoms with van der Waals surface area (Å²) < 4.78 is 0. The summed E-state index contributed by atoms with van der Waals surface area (Å²) in [6.07, 6.45) is 6.96. The van der Waals surface area contributed by atoms with Gasteiger partial charge in [-0.15, -0.1) is 0 Å². The first-order valence-corrected chi connectivity index (χ1v) is 8.00. The van der Waals surface area contributed by atoms with E-state index in [1.54, 1.807) is 0 Å². The van der Waals surface area contributed by atoms with Crippen LogP contribution >= 0.6 is 11.8 Å². The highest BCUT2D eigenvalue weighted by atomic mass is 32.2. The molecule has 0 bridgehead atoms. The predicted octanol–water partition coefficient (Wildman–Crippen LogP) is 2.02. The second-order valence-electron chi connectivity index (χ2n) is 4.93. The normalized spacial score (nSPS) is 26.5. The van der Waals surface area contributed by atoms with E-state index in [0.29, 0.717) is 6.04 Å². The smallest absolute Gasteiger partial charge is 0.224 e. The molecule has 0 aliphatic heterocycles. The largest absolute Gasteiger partial charge is 0.353 e. The van der Waals surface area contributed by atoms with Gasteiger partial charge in [0, 0.05) is 23.8 Å². The molecule has 1 unspecified atom stereocenters. The molecule has 1 atom stereocenters. The molecule has 1 amide bonds. The Labute approximate surface area is 109 Å². The van der Waals surface area contributed by atoms with E-state index in [9.17, 15) is 4.79 Å². The zero-order chi connectivity index (χ0) is 12.7. The minimum atomic E-state index is 0.0771. The van der Waals surface area contributed by atoms with Crippen LogP contribution in [0.2, 0.25) is 0 Å². The quantitative estimate of drug-likeness (QED) is 0.766. The molecule has 1 rings (SSSR count). The molecule has 1 saturated carbocycles. The fourth-order valence-corrected chi connectivity index (χ4v) is 2.98. The van der Waals surface area contributed by atoms with E-state index in [1.807, 2.05) is 18.7 Å². The monoisotopic (exact) mass is 258 g/mol. The summed E-state index contributed by atoms with van der Waals surface area (Å²) in [5.74, 6) is 0.284. The number of nitrogens with one attached hydrogen (secondary N) is 2. The first-order valence-electron chi connectivity index (χ1n) is 6.71. The number of hydrogen-bond donors (Lipinski definition) is 2. The van der Waals surface area contributed by atoms with Gasteiger partial charge in [-0.2, -0.15) is 11.8 Å². The Kier molecular flexibility index (Phi) is 6.97. The van der Waals surface area contributed by atoms with E-state index in [1.165, 1.54) is 12.8 Å². The van der Waals surface area contributed by atoms with Crippen LogP contribution in [0.15, 0.2) is 0 Å². The molecule has 0 saturated heterocycles. The molecule has 0 aromatic heterocycles. The van der Waals surface area contributed by atoms with Gasteiger partial charge < -0.3 is 10.6 Å². The molecule has 2 N–H and O–H groups in total. The Morgan fingerprint density at radius 3 is 2.53 bits per heavy atom. The van der Waals surface area contributed by atoms with E-state index in [0.717, 1.165) is 31.2 Å². The van der Waals surface area contributed by atoms with Crippen LogP contribution in [0.25, 0.3) is 0 Å². The SMILES string of the molecule is CCNCC(C)C(=O)NC1CCC(SC)CC1. The minimum absolute atomic E-state index is 0.0771. The molecule has 0 aromatic carbocycles. The fourth-order valence-electron chi connectivity index (χ4n) is 2.24. The molecule has 3 nitrogen and oxygen atoms in total. The van der Waals surface area contributed by atoms with E-state index in [-0.39, 0.29) is 11.8 Å². The third-order valence-corrected chi connectivity index (χ3v) is 4.64. The number of carbonyl (C=O) groups is 1. The molecule has 1 aliphatic rings. The van der Waals surface area contributed by atoms with Gasteiger partial charge in [0.15, 0.2) is 0 Å². The first-order chi connectivity index (χ1) is 8.17. The summed E-state index contributed by atoms with van der Waals surface area (Å²) in [7, 11) is 0. The second-order valence-corrected chi connectivity index (χ2v) is 6.06. The van der Waals surface area contributed by atoms with Crippen molar-refractivity contribution in [3.63, 3.8) is 0 Å². The standard InChI is InChI=1S/C13H26N2OS/c1-4-14-9-10(2)13(16)15-11-5-7-12(17-3)8-6-11/h10-12,14H,4-9H2,1-3H3,(H,15,16). The Bertz CT molecular complexity index is 227. The Morgan fingerprint density at radius 2 is 2.00 bits per heavy atom. The van der Waals surface area contributed by atoms with Crippen LogP contribution in [-0.2, 0) is 4.79 Å². The molecule has 1 aliphatic carbocycles. The van der Waals surface area contributed by atoms with Crippen LogP contribution < -0.4 is 10.6 Å². The Morgan fingerprint density at radius 1 is 1.35 bits per heavy atom. The van der Waals surface area contributed by atoms with Crippen LogP contribution in [0.1, 0.15) is 39.5 Å². The zero-order valence-electron chi connectivity index (χ0n) is 11.3. The molecule has 17 heavy (non-hydrogen) atoms. The lowest BCUT2D eigenvalue weighted by molar-refractivity contribution is -0.125. The van der Waals surface area contributed by atoms with Crippen molar-refractivity contribution in [3.05, 3.63) is 0 Å². The maximum Gasteiger partial charge on any atom is 0.224 e. The van der Waals surface area contributed by atoms with Crippen molar-refractivity contribution in [1.82, 2.24) is 10.6 Å². The number of rotatable bonds is 6. The van der Waals surface area contributed by atoms with Crippen molar-refractivity contribution in [1.29, 1.82) is 0 Å². The molecule has 0 aromatic rings. The first kappa shape index (κ1) is 14.8. The minimum Gasteiger partial charge on any atom is -0.353 e. The van der Waals surface area contributed by atoms with Gasteiger partial charge in [0.1, 0.15) is 0 Å².